The van der Waals surface area contributed by atoms with Crippen molar-refractivity contribution in [1.82, 2.24) is 0 Å². The second-order valence-corrected chi connectivity index (χ2v) is 3.67. The van der Waals surface area contributed by atoms with Gasteiger partial charge in [-0.15, -0.1) is 0 Å². The second kappa shape index (κ2) is 3.11. The van der Waals surface area contributed by atoms with Gasteiger partial charge in [-0.1, -0.05) is 24.3 Å². The number of hydrogen-bond donors (Lipinski definition) is 1. The summed E-state index contributed by atoms with van der Waals surface area (Å²) in [6, 6.07) is 7.59. The minimum atomic E-state index is -0.561. The summed E-state index contributed by atoms with van der Waals surface area (Å²) in [7, 11) is 0. The van der Waals surface area contributed by atoms with Gasteiger partial charge < -0.3 is 5.11 Å². The van der Waals surface area contributed by atoms with Crippen LogP contribution in [-0.4, -0.2) is 11.8 Å². The van der Waals surface area contributed by atoms with E-state index in [1.54, 1.807) is 0 Å². The molecule has 0 bridgehead atoms. The highest BCUT2D eigenvalue weighted by Gasteiger charge is 2.41. The predicted molar refractivity (Wildman–Crippen MR) is 49.3 cm³/mol. The summed E-state index contributed by atoms with van der Waals surface area (Å²) in [5.74, 6) is 0. The van der Waals surface area contributed by atoms with Crippen LogP contribution < -0.4 is 0 Å². The Morgan fingerprint density at radius 2 is 1.85 bits per heavy atom. The largest absolute Gasteiger partial charge is 0.385 e. The van der Waals surface area contributed by atoms with Gasteiger partial charge in [-0.2, -0.15) is 0 Å². The van der Waals surface area contributed by atoms with Gasteiger partial charge in [-0.3, -0.25) is 4.39 Å². The minimum absolute atomic E-state index is 0.316. The van der Waals surface area contributed by atoms with Gasteiger partial charge in [0.2, 0.25) is 0 Å². The zero-order valence-corrected chi connectivity index (χ0v) is 7.46. The molecule has 13 heavy (non-hydrogen) atoms. The third kappa shape index (κ3) is 1.73. The standard InChI is InChI=1S/C11H13FO/c12-8-5-9-1-3-10(4-2-9)11(13)6-7-11/h1-4,13H,5-8H2. The molecule has 1 aliphatic carbocycles. The number of aryl methyl sites for hydroxylation is 1. The first-order valence-corrected chi connectivity index (χ1v) is 4.62. The van der Waals surface area contributed by atoms with Gasteiger partial charge in [0.25, 0.3) is 0 Å². The number of halogens is 1. The van der Waals surface area contributed by atoms with Gasteiger partial charge in [0.1, 0.15) is 0 Å². The Balaban J connectivity index is 2.14. The lowest BCUT2D eigenvalue weighted by Crippen LogP contribution is -2.03. The molecule has 0 amide bonds. The lowest BCUT2D eigenvalue weighted by atomic mass is 10.0. The Morgan fingerprint density at radius 1 is 1.23 bits per heavy atom. The molecule has 0 heterocycles. The van der Waals surface area contributed by atoms with Gasteiger partial charge in [-0.25, -0.2) is 0 Å². The van der Waals surface area contributed by atoms with Crippen molar-refractivity contribution in [2.45, 2.75) is 24.9 Å². The van der Waals surface area contributed by atoms with Gasteiger partial charge >= 0.3 is 0 Å². The number of rotatable bonds is 3. The first-order chi connectivity index (χ1) is 6.24. The van der Waals surface area contributed by atoms with E-state index >= 15 is 0 Å². The van der Waals surface area contributed by atoms with Crippen molar-refractivity contribution < 1.29 is 9.50 Å². The van der Waals surface area contributed by atoms with Crippen LogP contribution in [0.4, 0.5) is 4.39 Å². The Kier molecular flexibility index (Phi) is 2.08. The van der Waals surface area contributed by atoms with E-state index < -0.39 is 5.60 Å². The molecule has 0 aromatic heterocycles. The Morgan fingerprint density at radius 3 is 2.31 bits per heavy atom. The molecule has 1 nitrogen and oxygen atoms in total. The number of benzene rings is 1. The normalized spacial score (nSPS) is 18.6. The smallest absolute Gasteiger partial charge is 0.0934 e. The zero-order chi connectivity index (χ0) is 9.31. The summed E-state index contributed by atoms with van der Waals surface area (Å²) in [6.45, 7) is -0.316. The van der Waals surface area contributed by atoms with E-state index in [1.165, 1.54) is 0 Å². The lowest BCUT2D eigenvalue weighted by Gasteiger charge is -2.07. The van der Waals surface area contributed by atoms with Crippen LogP contribution in [0.5, 0.6) is 0 Å². The SMILES string of the molecule is OC1(c2ccc(CCF)cc2)CC1. The fourth-order valence-corrected chi connectivity index (χ4v) is 1.50. The molecule has 1 N–H and O–H groups in total. The quantitative estimate of drug-likeness (QED) is 0.755. The van der Waals surface area contributed by atoms with Crippen LogP contribution in [0.25, 0.3) is 0 Å². The van der Waals surface area contributed by atoms with Crippen LogP contribution in [0.15, 0.2) is 24.3 Å². The van der Waals surface area contributed by atoms with Crippen molar-refractivity contribution in [1.29, 1.82) is 0 Å². The topological polar surface area (TPSA) is 20.2 Å². The fraction of sp³-hybridized carbons (Fsp3) is 0.455. The van der Waals surface area contributed by atoms with Gasteiger partial charge in [0.05, 0.1) is 12.3 Å². The molecule has 0 unspecified atom stereocenters. The molecule has 0 aliphatic heterocycles. The van der Waals surface area contributed by atoms with E-state index in [0.29, 0.717) is 6.42 Å². The van der Waals surface area contributed by atoms with E-state index in [0.717, 1.165) is 24.0 Å². The van der Waals surface area contributed by atoms with Crippen LogP contribution in [0.3, 0.4) is 0 Å². The molecule has 0 radical (unpaired) electrons. The molecule has 1 fully saturated rings. The first-order valence-electron chi connectivity index (χ1n) is 4.62. The maximum atomic E-state index is 12.0. The highest BCUT2D eigenvalue weighted by atomic mass is 19.1. The van der Waals surface area contributed by atoms with Crippen LogP contribution >= 0.6 is 0 Å². The van der Waals surface area contributed by atoms with Gasteiger partial charge in [-0.05, 0) is 24.0 Å². The van der Waals surface area contributed by atoms with Crippen LogP contribution in [-0.2, 0) is 12.0 Å². The zero-order valence-electron chi connectivity index (χ0n) is 7.46. The molecule has 0 atom stereocenters. The van der Waals surface area contributed by atoms with Crippen LogP contribution in [0.1, 0.15) is 24.0 Å². The van der Waals surface area contributed by atoms with Crippen molar-refractivity contribution >= 4 is 0 Å². The number of hydrogen-bond acceptors (Lipinski definition) is 1. The lowest BCUT2D eigenvalue weighted by molar-refractivity contribution is 0.151. The van der Waals surface area contributed by atoms with Crippen LogP contribution in [0.2, 0.25) is 0 Å². The first kappa shape index (κ1) is 8.70. The molecule has 70 valence electrons. The number of aliphatic hydroxyl groups is 1. The highest BCUT2D eigenvalue weighted by Crippen LogP contribution is 2.45. The highest BCUT2D eigenvalue weighted by molar-refractivity contribution is 5.30. The Labute approximate surface area is 77.2 Å². The molecule has 0 spiro atoms. The van der Waals surface area contributed by atoms with E-state index in [4.69, 9.17) is 0 Å². The average molecular weight is 180 g/mol. The third-order valence-corrected chi connectivity index (χ3v) is 2.60. The van der Waals surface area contributed by atoms with E-state index in [1.807, 2.05) is 24.3 Å². The van der Waals surface area contributed by atoms with Crippen molar-refractivity contribution in [2.24, 2.45) is 0 Å². The predicted octanol–water partition coefficient (Wildman–Crippen LogP) is 2.18. The summed E-state index contributed by atoms with van der Waals surface area (Å²) >= 11 is 0. The van der Waals surface area contributed by atoms with Crippen molar-refractivity contribution in [3.8, 4) is 0 Å². The van der Waals surface area contributed by atoms with Crippen LogP contribution in [0, 0.1) is 0 Å². The molecule has 1 saturated carbocycles. The molecule has 1 aromatic rings. The number of alkyl halides is 1. The van der Waals surface area contributed by atoms with Crippen molar-refractivity contribution in [3.05, 3.63) is 35.4 Å². The molecular formula is C11H13FO. The van der Waals surface area contributed by atoms with E-state index in [2.05, 4.69) is 0 Å². The molecular weight excluding hydrogens is 167 g/mol. The summed E-state index contributed by atoms with van der Waals surface area (Å²) in [4.78, 5) is 0. The monoisotopic (exact) mass is 180 g/mol. The molecule has 1 aliphatic rings. The van der Waals surface area contributed by atoms with E-state index in [9.17, 15) is 9.50 Å². The van der Waals surface area contributed by atoms with Crippen molar-refractivity contribution in [3.63, 3.8) is 0 Å². The summed E-state index contributed by atoms with van der Waals surface area (Å²) in [5, 5.41) is 9.75. The molecule has 2 rings (SSSR count). The third-order valence-electron chi connectivity index (χ3n) is 2.60. The van der Waals surface area contributed by atoms with Crippen molar-refractivity contribution in [2.75, 3.05) is 6.67 Å². The molecule has 0 saturated heterocycles. The maximum absolute atomic E-state index is 12.0. The van der Waals surface area contributed by atoms with Gasteiger partial charge in [0.15, 0.2) is 0 Å². The minimum Gasteiger partial charge on any atom is -0.385 e. The summed E-state index contributed by atoms with van der Waals surface area (Å²) in [6.07, 6.45) is 2.18. The summed E-state index contributed by atoms with van der Waals surface area (Å²) < 4.78 is 12.0. The maximum Gasteiger partial charge on any atom is 0.0934 e. The molecule has 1 aromatic carbocycles. The second-order valence-electron chi connectivity index (χ2n) is 3.67. The van der Waals surface area contributed by atoms with Gasteiger partial charge in [0, 0.05) is 6.42 Å². The molecule has 2 heteroatoms. The average Bonchev–Trinajstić information content (AvgIpc) is 2.87. The Bertz CT molecular complexity index is 287. The van der Waals surface area contributed by atoms with E-state index in [-0.39, 0.29) is 6.67 Å². The fourth-order valence-electron chi connectivity index (χ4n) is 1.50. The Hall–Kier alpha value is -0.890. The summed E-state index contributed by atoms with van der Waals surface area (Å²) in [5.41, 5.74) is 1.40.